The zero-order valence-corrected chi connectivity index (χ0v) is 17.2. The largest absolute Gasteiger partial charge is 0.269 e. The fourth-order valence-electron chi connectivity index (χ4n) is 2.82. The van der Waals surface area contributed by atoms with Gasteiger partial charge >= 0.3 is 0 Å². The van der Waals surface area contributed by atoms with E-state index in [0.29, 0.717) is 11.3 Å². The van der Waals surface area contributed by atoms with E-state index in [9.17, 15) is 15.4 Å². The van der Waals surface area contributed by atoms with Crippen molar-refractivity contribution in [2.24, 2.45) is 0 Å². The van der Waals surface area contributed by atoms with E-state index >= 15 is 0 Å². The predicted octanol–water partition coefficient (Wildman–Crippen LogP) is 5.94. The lowest BCUT2D eigenvalue weighted by Gasteiger charge is -2.04. The van der Waals surface area contributed by atoms with Gasteiger partial charge in [0.15, 0.2) is 0 Å². The lowest BCUT2D eigenvalue weighted by molar-refractivity contribution is -0.384. The molecule has 2 heterocycles. The Hall–Kier alpha value is -3.54. The summed E-state index contributed by atoms with van der Waals surface area (Å²) in [5.41, 5.74) is 4.28. The Kier molecular flexibility index (Phi) is 5.84. The van der Waals surface area contributed by atoms with Crippen LogP contribution in [0.5, 0.6) is 0 Å². The second kappa shape index (κ2) is 8.86. The van der Waals surface area contributed by atoms with E-state index < -0.39 is 4.92 Å². The van der Waals surface area contributed by atoms with E-state index in [0.717, 1.165) is 32.4 Å². The van der Waals surface area contributed by atoms with Gasteiger partial charge in [0, 0.05) is 40.6 Å². The first-order valence-electron chi connectivity index (χ1n) is 8.91. The second-order valence-corrected chi connectivity index (χ2v) is 8.14. The third-order valence-electron chi connectivity index (χ3n) is 4.37. The van der Waals surface area contributed by atoms with Crippen molar-refractivity contribution in [1.29, 1.82) is 5.26 Å². The predicted molar refractivity (Wildman–Crippen MR) is 118 cm³/mol. The topological polar surface area (TPSA) is 92.7 Å². The number of hydrogen-bond acceptors (Lipinski definition) is 7. The molecule has 8 heteroatoms. The van der Waals surface area contributed by atoms with E-state index in [1.807, 2.05) is 41.8 Å². The standard InChI is InChI=1S/C22H14N4O2S2/c23-12-17-3-1-2-4-18(17)13-29-21-11-16(9-10-24-21)22-25-20(14-30-22)15-5-7-19(8-6-15)26(27)28/h1-11,14H,13H2. The summed E-state index contributed by atoms with van der Waals surface area (Å²) in [6, 6.07) is 20.0. The molecule has 0 N–H and O–H groups in total. The third kappa shape index (κ3) is 4.38. The molecule has 0 atom stereocenters. The zero-order valence-electron chi connectivity index (χ0n) is 15.6. The number of thioether (sulfide) groups is 1. The molecule has 0 aliphatic rings. The summed E-state index contributed by atoms with van der Waals surface area (Å²) >= 11 is 3.08. The second-order valence-electron chi connectivity index (χ2n) is 6.28. The van der Waals surface area contributed by atoms with Crippen LogP contribution in [0.2, 0.25) is 0 Å². The van der Waals surface area contributed by atoms with Crippen molar-refractivity contribution in [3.8, 4) is 27.9 Å². The molecule has 0 amide bonds. The number of nitro groups is 1. The molecule has 0 radical (unpaired) electrons. The summed E-state index contributed by atoms with van der Waals surface area (Å²) in [6.45, 7) is 0. The monoisotopic (exact) mass is 430 g/mol. The molecule has 6 nitrogen and oxygen atoms in total. The summed E-state index contributed by atoms with van der Waals surface area (Å²) < 4.78 is 0. The minimum atomic E-state index is -0.415. The fourth-order valence-corrected chi connectivity index (χ4v) is 4.55. The summed E-state index contributed by atoms with van der Waals surface area (Å²) in [5.74, 6) is 0.659. The van der Waals surface area contributed by atoms with E-state index in [4.69, 9.17) is 0 Å². The molecule has 0 spiro atoms. The maximum Gasteiger partial charge on any atom is 0.269 e. The van der Waals surface area contributed by atoms with E-state index in [1.54, 1.807) is 30.1 Å². The number of benzene rings is 2. The van der Waals surface area contributed by atoms with Crippen LogP contribution >= 0.6 is 23.1 Å². The van der Waals surface area contributed by atoms with Crippen molar-refractivity contribution >= 4 is 28.8 Å². The SMILES string of the molecule is N#Cc1ccccc1CSc1cc(-c2nc(-c3ccc([N+](=O)[O-])cc3)cs2)ccn1. The molecule has 2 aromatic heterocycles. The van der Waals surface area contributed by atoms with E-state index in [1.165, 1.54) is 23.5 Å². The molecule has 0 bridgehead atoms. The summed E-state index contributed by atoms with van der Waals surface area (Å²) in [7, 11) is 0. The molecule has 30 heavy (non-hydrogen) atoms. The number of thiazole rings is 1. The van der Waals surface area contributed by atoms with Crippen molar-refractivity contribution in [2.45, 2.75) is 10.8 Å². The molecule has 0 unspecified atom stereocenters. The van der Waals surface area contributed by atoms with Crippen LogP contribution in [-0.4, -0.2) is 14.9 Å². The molecule has 0 aliphatic heterocycles. The fraction of sp³-hybridized carbons (Fsp3) is 0.0455. The van der Waals surface area contributed by atoms with E-state index in [2.05, 4.69) is 16.0 Å². The molecule has 4 aromatic rings. The smallest absolute Gasteiger partial charge is 0.258 e. The number of nitriles is 1. The highest BCUT2D eigenvalue weighted by molar-refractivity contribution is 7.98. The van der Waals surface area contributed by atoms with Crippen molar-refractivity contribution in [3.63, 3.8) is 0 Å². The first kappa shape index (κ1) is 19.8. The molecular formula is C22H14N4O2S2. The highest BCUT2D eigenvalue weighted by Gasteiger charge is 2.11. The Bertz CT molecular complexity index is 1250. The number of nitrogens with zero attached hydrogens (tertiary/aromatic N) is 4. The first-order chi connectivity index (χ1) is 14.6. The minimum Gasteiger partial charge on any atom is -0.258 e. The van der Waals surface area contributed by atoms with Crippen LogP contribution in [0, 0.1) is 21.4 Å². The molecular weight excluding hydrogens is 416 g/mol. The van der Waals surface area contributed by atoms with Crippen LogP contribution < -0.4 is 0 Å². The van der Waals surface area contributed by atoms with Gasteiger partial charge in [-0.25, -0.2) is 9.97 Å². The first-order valence-corrected chi connectivity index (χ1v) is 10.8. The van der Waals surface area contributed by atoms with Crippen LogP contribution in [0.25, 0.3) is 21.8 Å². The quantitative estimate of drug-likeness (QED) is 0.213. The van der Waals surface area contributed by atoms with Crippen LogP contribution in [0.15, 0.2) is 77.3 Å². The van der Waals surface area contributed by atoms with Crippen LogP contribution in [0.4, 0.5) is 5.69 Å². The number of pyridine rings is 1. The summed E-state index contributed by atoms with van der Waals surface area (Å²) in [5, 5.41) is 23.7. The number of rotatable bonds is 6. The average molecular weight is 431 g/mol. The molecule has 0 saturated carbocycles. The Morgan fingerprint density at radius 1 is 1.10 bits per heavy atom. The molecule has 146 valence electrons. The number of nitro benzene ring substituents is 1. The van der Waals surface area contributed by atoms with Gasteiger partial charge in [0.25, 0.3) is 5.69 Å². The lowest BCUT2D eigenvalue weighted by Crippen LogP contribution is -1.88. The summed E-state index contributed by atoms with van der Waals surface area (Å²) in [4.78, 5) is 19.5. The van der Waals surface area contributed by atoms with Crippen molar-refractivity contribution in [3.05, 3.63) is 93.5 Å². The average Bonchev–Trinajstić information content (AvgIpc) is 3.28. The van der Waals surface area contributed by atoms with Crippen molar-refractivity contribution in [2.75, 3.05) is 0 Å². The molecule has 0 saturated heterocycles. The van der Waals surface area contributed by atoms with Gasteiger partial charge in [0.05, 0.1) is 27.3 Å². The Balaban J connectivity index is 1.52. The van der Waals surface area contributed by atoms with Crippen LogP contribution in [0.1, 0.15) is 11.1 Å². The van der Waals surface area contributed by atoms with E-state index in [-0.39, 0.29) is 5.69 Å². The normalized spacial score (nSPS) is 10.5. The van der Waals surface area contributed by atoms with Gasteiger partial charge in [0.2, 0.25) is 0 Å². The molecule has 4 rings (SSSR count). The van der Waals surface area contributed by atoms with Gasteiger partial charge in [-0.05, 0) is 35.9 Å². The van der Waals surface area contributed by atoms with Gasteiger partial charge in [-0.2, -0.15) is 5.26 Å². The van der Waals surface area contributed by atoms with Gasteiger partial charge in [-0.15, -0.1) is 23.1 Å². The van der Waals surface area contributed by atoms with Gasteiger partial charge in [0.1, 0.15) is 5.01 Å². The third-order valence-corrected chi connectivity index (χ3v) is 6.24. The molecule has 2 aromatic carbocycles. The van der Waals surface area contributed by atoms with Crippen molar-refractivity contribution < 1.29 is 4.92 Å². The maximum atomic E-state index is 10.8. The minimum absolute atomic E-state index is 0.0583. The molecule has 0 aliphatic carbocycles. The number of non-ortho nitro benzene ring substituents is 1. The highest BCUT2D eigenvalue weighted by atomic mass is 32.2. The van der Waals surface area contributed by atoms with Crippen molar-refractivity contribution in [1.82, 2.24) is 9.97 Å². The Morgan fingerprint density at radius 3 is 2.67 bits per heavy atom. The number of hydrogen-bond donors (Lipinski definition) is 0. The van der Waals surface area contributed by atoms with Gasteiger partial charge < -0.3 is 0 Å². The van der Waals surface area contributed by atoms with Crippen LogP contribution in [-0.2, 0) is 5.75 Å². The lowest BCUT2D eigenvalue weighted by atomic mass is 10.1. The van der Waals surface area contributed by atoms with Crippen LogP contribution in [0.3, 0.4) is 0 Å². The highest BCUT2D eigenvalue weighted by Crippen LogP contribution is 2.32. The Morgan fingerprint density at radius 2 is 1.90 bits per heavy atom. The molecule has 0 fully saturated rings. The number of aromatic nitrogens is 2. The van der Waals surface area contributed by atoms with Gasteiger partial charge in [-0.3, -0.25) is 10.1 Å². The maximum absolute atomic E-state index is 10.8. The summed E-state index contributed by atoms with van der Waals surface area (Å²) in [6.07, 6.45) is 1.75. The Labute approximate surface area is 181 Å². The zero-order chi connectivity index (χ0) is 20.9. The van der Waals surface area contributed by atoms with Gasteiger partial charge in [-0.1, -0.05) is 18.2 Å².